The zero-order valence-corrected chi connectivity index (χ0v) is 18.7. The maximum absolute atomic E-state index is 13.8. The zero-order valence-electron chi connectivity index (χ0n) is 17.1. The number of hydrogen-bond donors (Lipinski definition) is 0. The lowest BCUT2D eigenvalue weighted by molar-refractivity contribution is -0.461. The highest BCUT2D eigenvalue weighted by Gasteiger charge is 2.95. The van der Waals surface area contributed by atoms with Crippen LogP contribution in [0.4, 0.5) is 74.6 Å². The summed E-state index contributed by atoms with van der Waals surface area (Å²) in [5, 5.41) is -0.740. The van der Waals surface area contributed by atoms with Crippen LogP contribution in [0.5, 0.6) is 0 Å². The summed E-state index contributed by atoms with van der Waals surface area (Å²) in [6.45, 7) is -2.09. The third kappa shape index (κ3) is 5.15. The van der Waals surface area contributed by atoms with Crippen LogP contribution in [0.15, 0.2) is 18.2 Å². The number of hydrogen-bond acceptors (Lipinski definition) is 2. The summed E-state index contributed by atoms with van der Waals surface area (Å²) in [5.74, 6) is -58.9. The summed E-state index contributed by atoms with van der Waals surface area (Å²) in [4.78, 5) is 11.7. The van der Waals surface area contributed by atoms with Gasteiger partial charge in [0.2, 0.25) is 0 Å². The Labute approximate surface area is 208 Å². The number of esters is 1. The number of benzene rings is 1. The molecule has 0 saturated carbocycles. The van der Waals surface area contributed by atoms with Gasteiger partial charge in [-0.15, -0.1) is 0 Å². The van der Waals surface area contributed by atoms with Crippen molar-refractivity contribution >= 4 is 29.2 Å². The first-order valence-corrected chi connectivity index (χ1v) is 9.64. The standard InChI is InChI=1S/C17H7Cl2F17O2/c18-6-1-2-8(19)7(5-6)9(37)38-4-3-10(20,21)11(22,23)12(24,25)13(26,27)14(28,29)15(30,31)16(32,33)17(34,35)36/h1-2,5H,3-4H2. The predicted octanol–water partition coefficient (Wildman–Crippen LogP) is 8.55. The van der Waals surface area contributed by atoms with E-state index in [2.05, 4.69) is 4.74 Å². The molecule has 0 fully saturated rings. The molecular weight excluding hydrogens is 630 g/mol. The molecule has 0 radical (unpaired) electrons. The molecular formula is C17H7Cl2F17O2. The van der Waals surface area contributed by atoms with E-state index in [9.17, 15) is 79.4 Å². The predicted molar refractivity (Wildman–Crippen MR) is 92.0 cm³/mol. The van der Waals surface area contributed by atoms with Crippen LogP contribution in [0.1, 0.15) is 16.8 Å². The van der Waals surface area contributed by atoms with Gasteiger partial charge in [0.25, 0.3) is 0 Å². The summed E-state index contributed by atoms with van der Waals surface area (Å²) < 4.78 is 228. The molecule has 0 aliphatic heterocycles. The van der Waals surface area contributed by atoms with E-state index in [0.717, 1.165) is 12.1 Å². The van der Waals surface area contributed by atoms with Crippen molar-refractivity contribution in [2.24, 2.45) is 0 Å². The highest BCUT2D eigenvalue weighted by molar-refractivity contribution is 6.35. The molecule has 0 heterocycles. The quantitative estimate of drug-likeness (QED) is 0.190. The van der Waals surface area contributed by atoms with Crippen molar-refractivity contribution in [2.45, 2.75) is 54.1 Å². The van der Waals surface area contributed by atoms with E-state index in [1.165, 1.54) is 0 Å². The molecule has 1 aromatic rings. The Balaban J connectivity index is 3.32. The van der Waals surface area contributed by atoms with Crippen molar-refractivity contribution in [2.75, 3.05) is 6.61 Å². The van der Waals surface area contributed by atoms with Gasteiger partial charge in [-0.05, 0) is 18.2 Å². The molecule has 0 aliphatic carbocycles. The van der Waals surface area contributed by atoms with Crippen molar-refractivity contribution in [1.82, 2.24) is 0 Å². The van der Waals surface area contributed by atoms with E-state index in [4.69, 9.17) is 23.2 Å². The molecule has 0 spiro atoms. The number of carbonyl (C=O) groups excluding carboxylic acids is 1. The van der Waals surface area contributed by atoms with Gasteiger partial charge in [-0.2, -0.15) is 74.6 Å². The van der Waals surface area contributed by atoms with Crippen LogP contribution in [0.3, 0.4) is 0 Å². The van der Waals surface area contributed by atoms with Gasteiger partial charge in [0, 0.05) is 5.02 Å². The Morgan fingerprint density at radius 3 is 1.45 bits per heavy atom. The summed E-state index contributed by atoms with van der Waals surface area (Å²) in [5.41, 5.74) is -0.737. The third-order valence-electron chi connectivity index (χ3n) is 4.58. The second-order valence-electron chi connectivity index (χ2n) is 7.16. The Morgan fingerprint density at radius 1 is 0.632 bits per heavy atom. The molecule has 0 bridgehead atoms. The molecule has 2 nitrogen and oxygen atoms in total. The van der Waals surface area contributed by atoms with Gasteiger partial charge in [0.15, 0.2) is 0 Å². The topological polar surface area (TPSA) is 26.3 Å². The number of carbonyl (C=O) groups is 1. The Kier molecular flexibility index (Phi) is 8.91. The van der Waals surface area contributed by atoms with Gasteiger partial charge in [0.1, 0.15) is 0 Å². The number of rotatable bonds is 10. The average Bonchev–Trinajstić information content (AvgIpc) is 2.73. The van der Waals surface area contributed by atoms with Crippen LogP contribution in [0.2, 0.25) is 10.0 Å². The lowest BCUT2D eigenvalue weighted by Crippen LogP contribution is -2.74. The van der Waals surface area contributed by atoms with Crippen LogP contribution < -0.4 is 0 Å². The molecule has 1 aromatic carbocycles. The molecule has 0 saturated heterocycles. The smallest absolute Gasteiger partial charge is 0.460 e. The molecule has 0 N–H and O–H groups in total. The maximum Gasteiger partial charge on any atom is 0.460 e. The van der Waals surface area contributed by atoms with E-state index >= 15 is 0 Å². The van der Waals surface area contributed by atoms with Gasteiger partial charge in [-0.25, -0.2) is 4.79 Å². The molecule has 38 heavy (non-hydrogen) atoms. The van der Waals surface area contributed by atoms with E-state index in [0.29, 0.717) is 6.07 Å². The number of ether oxygens (including phenoxy) is 1. The summed E-state index contributed by atoms with van der Waals surface area (Å²) in [6.07, 6.45) is -10.7. The third-order valence-corrected chi connectivity index (χ3v) is 5.15. The average molecular weight is 637 g/mol. The number of alkyl halides is 17. The highest BCUT2D eigenvalue weighted by Crippen LogP contribution is 2.64. The van der Waals surface area contributed by atoms with Gasteiger partial charge in [-0.3, -0.25) is 0 Å². The SMILES string of the molecule is O=C(OCCC(F)(F)C(F)(F)C(F)(F)C(F)(F)C(F)(F)C(F)(F)C(F)(F)C(F)(F)F)c1cc(Cl)ccc1Cl. The van der Waals surface area contributed by atoms with Crippen LogP contribution in [0, 0.1) is 0 Å². The minimum atomic E-state index is -8.71. The van der Waals surface area contributed by atoms with Gasteiger partial charge >= 0.3 is 53.6 Å². The van der Waals surface area contributed by atoms with Crippen molar-refractivity contribution in [1.29, 1.82) is 0 Å². The van der Waals surface area contributed by atoms with Crippen LogP contribution in [-0.4, -0.2) is 60.2 Å². The Hall–Kier alpha value is -1.92. The second kappa shape index (κ2) is 9.92. The first-order chi connectivity index (χ1) is 16.5. The van der Waals surface area contributed by atoms with E-state index < -0.39 is 77.2 Å². The Morgan fingerprint density at radius 2 is 1.03 bits per heavy atom. The van der Waals surface area contributed by atoms with Gasteiger partial charge < -0.3 is 4.74 Å². The van der Waals surface area contributed by atoms with Gasteiger partial charge in [-0.1, -0.05) is 23.2 Å². The molecule has 0 amide bonds. The van der Waals surface area contributed by atoms with Crippen molar-refractivity contribution in [3.05, 3.63) is 33.8 Å². The fraction of sp³-hybridized carbons (Fsp3) is 0.588. The van der Waals surface area contributed by atoms with E-state index in [-0.39, 0.29) is 5.02 Å². The van der Waals surface area contributed by atoms with Crippen LogP contribution in [-0.2, 0) is 4.74 Å². The summed E-state index contributed by atoms with van der Waals surface area (Å²) in [6, 6.07) is 2.71. The summed E-state index contributed by atoms with van der Waals surface area (Å²) in [7, 11) is 0. The fourth-order valence-electron chi connectivity index (χ4n) is 2.36. The lowest BCUT2D eigenvalue weighted by Gasteiger charge is -2.42. The van der Waals surface area contributed by atoms with Gasteiger partial charge in [0.05, 0.1) is 23.6 Å². The maximum atomic E-state index is 13.8. The fourth-order valence-corrected chi connectivity index (χ4v) is 2.72. The minimum Gasteiger partial charge on any atom is -0.462 e. The number of halogens is 19. The second-order valence-corrected chi connectivity index (χ2v) is 8.00. The molecule has 0 aromatic heterocycles. The van der Waals surface area contributed by atoms with Crippen LogP contribution >= 0.6 is 23.2 Å². The minimum absolute atomic E-state index is 0.242. The van der Waals surface area contributed by atoms with Crippen molar-refractivity contribution < 1.29 is 84.2 Å². The van der Waals surface area contributed by atoms with Crippen molar-refractivity contribution in [3.8, 4) is 0 Å². The first-order valence-electron chi connectivity index (χ1n) is 8.88. The van der Waals surface area contributed by atoms with Crippen molar-refractivity contribution in [3.63, 3.8) is 0 Å². The first kappa shape index (κ1) is 34.1. The molecule has 1 rings (SSSR count). The molecule has 0 aliphatic rings. The normalized spacial score (nSPS) is 15.0. The molecule has 0 unspecified atom stereocenters. The largest absolute Gasteiger partial charge is 0.462 e. The highest BCUT2D eigenvalue weighted by atomic mass is 35.5. The zero-order chi connectivity index (χ0) is 30.6. The monoisotopic (exact) mass is 636 g/mol. The lowest BCUT2D eigenvalue weighted by atomic mass is 9.88. The molecule has 0 atom stereocenters. The molecule has 21 heteroatoms. The van der Waals surface area contributed by atoms with E-state index in [1.54, 1.807) is 0 Å². The van der Waals surface area contributed by atoms with Crippen LogP contribution in [0.25, 0.3) is 0 Å². The van der Waals surface area contributed by atoms with E-state index in [1.807, 2.05) is 0 Å². The molecule has 220 valence electrons. The Bertz CT molecular complexity index is 1040. The summed E-state index contributed by atoms with van der Waals surface area (Å²) >= 11 is 11.0.